The molecule has 29 heavy (non-hydrogen) atoms. The molecular formula is C22H22N4O3. The van der Waals surface area contributed by atoms with Gasteiger partial charge in [-0.05, 0) is 37.4 Å². The Kier molecular flexibility index (Phi) is 6.19. The van der Waals surface area contributed by atoms with Gasteiger partial charge < -0.3 is 15.4 Å². The number of ether oxygens (including phenoxy) is 1. The standard InChI is InChI=1S/C22H22N4O3/c1-4-19(25-13-23-2)26-21(27)15-10-16-18(14-8-6-5-7-9-14)12-29-20(16)17(11-15)22(28)24-3/h4-11,13,18H,2,12H2,1,3H3,(H,24,28)(H,26,27)/b19-4+,25-13?. The van der Waals surface area contributed by atoms with E-state index in [9.17, 15) is 9.59 Å². The van der Waals surface area contributed by atoms with Gasteiger partial charge >= 0.3 is 0 Å². The first-order valence-electron chi connectivity index (χ1n) is 9.12. The largest absolute Gasteiger partial charge is 0.491 e. The predicted octanol–water partition coefficient (Wildman–Crippen LogP) is 2.89. The maximum Gasteiger partial charge on any atom is 0.256 e. The van der Waals surface area contributed by atoms with E-state index in [1.807, 2.05) is 30.3 Å². The molecule has 0 fully saturated rings. The number of rotatable bonds is 6. The van der Waals surface area contributed by atoms with E-state index in [1.54, 1.807) is 26.1 Å². The third-order valence-corrected chi connectivity index (χ3v) is 4.62. The first-order chi connectivity index (χ1) is 14.1. The molecule has 0 aliphatic carbocycles. The van der Waals surface area contributed by atoms with Crippen molar-refractivity contribution in [2.75, 3.05) is 13.7 Å². The number of carbonyl (C=O) groups excluding carboxylic acids is 2. The number of fused-ring (bicyclic) bond motifs is 1. The molecule has 1 unspecified atom stereocenters. The monoisotopic (exact) mass is 390 g/mol. The molecule has 2 amide bonds. The summed E-state index contributed by atoms with van der Waals surface area (Å²) in [5, 5.41) is 5.32. The zero-order chi connectivity index (χ0) is 20.8. The lowest BCUT2D eigenvalue weighted by Crippen LogP contribution is -2.24. The van der Waals surface area contributed by atoms with E-state index >= 15 is 0 Å². The number of nitrogens with one attached hydrogen (secondary N) is 2. The molecular weight excluding hydrogens is 368 g/mol. The van der Waals surface area contributed by atoms with E-state index in [1.165, 1.54) is 12.4 Å². The molecule has 148 valence electrons. The van der Waals surface area contributed by atoms with Crippen LogP contribution < -0.4 is 15.4 Å². The fourth-order valence-corrected chi connectivity index (χ4v) is 3.19. The molecule has 0 aromatic heterocycles. The number of amides is 2. The van der Waals surface area contributed by atoms with Crippen LogP contribution in [0.5, 0.6) is 5.75 Å². The van der Waals surface area contributed by atoms with Gasteiger partial charge in [0.25, 0.3) is 11.8 Å². The molecule has 1 aliphatic rings. The molecule has 1 heterocycles. The SMILES string of the molecule is C=NC=N/C(=C\C)NC(=O)c1cc(C(=O)NC)c2c(c1)C(c1ccccc1)CO2. The van der Waals surface area contributed by atoms with Crippen LogP contribution in [-0.4, -0.2) is 38.5 Å². The molecule has 2 aromatic carbocycles. The van der Waals surface area contributed by atoms with E-state index in [0.717, 1.165) is 11.1 Å². The Morgan fingerprint density at radius 2 is 1.97 bits per heavy atom. The number of nitrogens with zero attached hydrogens (tertiary/aromatic N) is 2. The minimum Gasteiger partial charge on any atom is -0.491 e. The summed E-state index contributed by atoms with van der Waals surface area (Å²) in [6.45, 7) is 5.47. The van der Waals surface area contributed by atoms with Gasteiger partial charge in [-0.1, -0.05) is 30.3 Å². The molecule has 2 N–H and O–H groups in total. The molecule has 1 atom stereocenters. The van der Waals surface area contributed by atoms with Crippen molar-refractivity contribution in [1.29, 1.82) is 0 Å². The van der Waals surface area contributed by atoms with Crippen LogP contribution in [0.25, 0.3) is 0 Å². The van der Waals surface area contributed by atoms with Crippen molar-refractivity contribution >= 4 is 24.9 Å². The zero-order valence-electron chi connectivity index (χ0n) is 16.3. The van der Waals surface area contributed by atoms with Gasteiger partial charge in [0.05, 0.1) is 12.2 Å². The number of hydrogen-bond acceptors (Lipinski definition) is 4. The van der Waals surface area contributed by atoms with Gasteiger partial charge in [0.1, 0.15) is 17.9 Å². The number of allylic oxidation sites excluding steroid dienone is 1. The third kappa shape index (κ3) is 4.24. The van der Waals surface area contributed by atoms with Gasteiger partial charge in [0.2, 0.25) is 0 Å². The highest BCUT2D eigenvalue weighted by molar-refractivity contribution is 6.02. The Morgan fingerprint density at radius 3 is 2.62 bits per heavy atom. The van der Waals surface area contributed by atoms with E-state index in [0.29, 0.717) is 29.3 Å². The summed E-state index contributed by atoms with van der Waals surface area (Å²) >= 11 is 0. The third-order valence-electron chi connectivity index (χ3n) is 4.62. The molecule has 0 saturated carbocycles. The highest BCUT2D eigenvalue weighted by Crippen LogP contribution is 2.41. The van der Waals surface area contributed by atoms with Crippen molar-refractivity contribution in [2.24, 2.45) is 9.98 Å². The normalized spacial score (nSPS) is 15.5. The first kappa shape index (κ1) is 20.0. The second-order valence-electron chi connectivity index (χ2n) is 6.35. The Labute approximate surface area is 169 Å². The van der Waals surface area contributed by atoms with Crippen LogP contribution in [0.3, 0.4) is 0 Å². The summed E-state index contributed by atoms with van der Waals surface area (Å²) in [6.07, 6.45) is 2.88. The number of benzene rings is 2. The fourth-order valence-electron chi connectivity index (χ4n) is 3.19. The minimum atomic E-state index is -0.383. The molecule has 0 saturated heterocycles. The van der Waals surface area contributed by atoms with Gasteiger partial charge in [-0.3, -0.25) is 14.6 Å². The highest BCUT2D eigenvalue weighted by atomic mass is 16.5. The van der Waals surface area contributed by atoms with Gasteiger partial charge in [-0.2, -0.15) is 0 Å². The summed E-state index contributed by atoms with van der Waals surface area (Å²) in [7, 11) is 1.54. The molecule has 7 nitrogen and oxygen atoms in total. The zero-order valence-corrected chi connectivity index (χ0v) is 16.3. The summed E-state index contributed by atoms with van der Waals surface area (Å²) in [4.78, 5) is 32.8. The number of carbonyl (C=O) groups is 2. The molecule has 0 bridgehead atoms. The van der Waals surface area contributed by atoms with Crippen LogP contribution >= 0.6 is 0 Å². The van der Waals surface area contributed by atoms with Crippen molar-refractivity contribution in [2.45, 2.75) is 12.8 Å². The molecule has 3 rings (SSSR count). The van der Waals surface area contributed by atoms with Crippen LogP contribution in [-0.2, 0) is 0 Å². The quantitative estimate of drug-likeness (QED) is 0.587. The maximum absolute atomic E-state index is 12.8. The van der Waals surface area contributed by atoms with Gasteiger partial charge in [-0.25, -0.2) is 4.99 Å². The van der Waals surface area contributed by atoms with Crippen molar-refractivity contribution in [3.63, 3.8) is 0 Å². The summed E-state index contributed by atoms with van der Waals surface area (Å²) < 4.78 is 5.86. The average molecular weight is 390 g/mol. The van der Waals surface area contributed by atoms with E-state index < -0.39 is 0 Å². The van der Waals surface area contributed by atoms with E-state index in [-0.39, 0.29) is 17.7 Å². The second kappa shape index (κ2) is 8.97. The van der Waals surface area contributed by atoms with E-state index in [2.05, 4.69) is 27.3 Å². The van der Waals surface area contributed by atoms with Crippen LogP contribution in [0.2, 0.25) is 0 Å². The van der Waals surface area contributed by atoms with Gasteiger partial charge in [0, 0.05) is 24.1 Å². The lowest BCUT2D eigenvalue weighted by Gasteiger charge is -2.13. The summed E-state index contributed by atoms with van der Waals surface area (Å²) in [6, 6.07) is 13.2. The fraction of sp³-hybridized carbons (Fsp3) is 0.182. The number of aliphatic imine (C=N–C) groups is 2. The van der Waals surface area contributed by atoms with Crippen LogP contribution in [0.4, 0.5) is 0 Å². The lowest BCUT2D eigenvalue weighted by atomic mass is 9.90. The Balaban J connectivity index is 2.03. The van der Waals surface area contributed by atoms with Crippen molar-refractivity contribution in [1.82, 2.24) is 10.6 Å². The molecule has 2 aromatic rings. The van der Waals surface area contributed by atoms with Crippen LogP contribution in [0.1, 0.15) is 44.7 Å². The molecule has 0 radical (unpaired) electrons. The second-order valence-corrected chi connectivity index (χ2v) is 6.35. The first-order valence-corrected chi connectivity index (χ1v) is 9.12. The minimum absolute atomic E-state index is 0.0634. The van der Waals surface area contributed by atoms with Gasteiger partial charge in [-0.15, -0.1) is 0 Å². The van der Waals surface area contributed by atoms with Crippen molar-refractivity contribution in [3.8, 4) is 5.75 Å². The Bertz CT molecular complexity index is 997. The van der Waals surface area contributed by atoms with Crippen LogP contribution in [0, 0.1) is 0 Å². The van der Waals surface area contributed by atoms with Crippen molar-refractivity contribution < 1.29 is 14.3 Å². The summed E-state index contributed by atoms with van der Waals surface area (Å²) in [5.74, 6) is 0.0809. The maximum atomic E-state index is 12.8. The summed E-state index contributed by atoms with van der Waals surface area (Å²) in [5.41, 5.74) is 2.53. The van der Waals surface area contributed by atoms with E-state index in [4.69, 9.17) is 4.74 Å². The number of hydrogen-bond donors (Lipinski definition) is 2. The van der Waals surface area contributed by atoms with Gasteiger partial charge in [0.15, 0.2) is 0 Å². The van der Waals surface area contributed by atoms with Crippen molar-refractivity contribution in [3.05, 3.63) is 76.6 Å². The molecule has 0 spiro atoms. The molecule has 1 aliphatic heterocycles. The lowest BCUT2D eigenvalue weighted by molar-refractivity contribution is 0.0960. The predicted molar refractivity (Wildman–Crippen MR) is 113 cm³/mol. The van der Waals surface area contributed by atoms with Crippen LogP contribution in [0.15, 0.2) is 64.3 Å². The Morgan fingerprint density at radius 1 is 1.21 bits per heavy atom. The molecule has 7 heteroatoms. The smallest absolute Gasteiger partial charge is 0.256 e. The average Bonchev–Trinajstić information content (AvgIpc) is 3.19. The highest BCUT2D eigenvalue weighted by Gasteiger charge is 2.31. The topological polar surface area (TPSA) is 92.2 Å². The Hall–Kier alpha value is -3.74.